The van der Waals surface area contributed by atoms with Gasteiger partial charge in [0.2, 0.25) is 11.8 Å². The molecule has 3 aromatic rings. The van der Waals surface area contributed by atoms with Crippen LogP contribution in [-0.2, 0) is 11.8 Å². The Morgan fingerprint density at radius 3 is 2.72 bits per heavy atom. The minimum atomic E-state index is -0.430. The Kier molecular flexibility index (Phi) is 4.27. The quantitative estimate of drug-likeness (QED) is 0.703. The Hall–Kier alpha value is -2.61. The lowest BCUT2D eigenvalue weighted by molar-refractivity contribution is -0.133. The Morgan fingerprint density at radius 2 is 2.00 bits per heavy atom. The topological polar surface area (TPSA) is 89.1 Å². The number of rotatable bonds is 4. The minimum absolute atomic E-state index is 0.0707. The number of nitrogens with zero attached hydrogens (tertiary/aromatic N) is 5. The van der Waals surface area contributed by atoms with Gasteiger partial charge in [0.05, 0.1) is 16.7 Å². The second-order valence-electron chi connectivity index (χ2n) is 8.23. The van der Waals surface area contributed by atoms with Gasteiger partial charge in [0.25, 0.3) is 0 Å². The van der Waals surface area contributed by atoms with Crippen LogP contribution in [0.2, 0.25) is 5.02 Å². The Labute approximate surface area is 173 Å². The molecule has 29 heavy (non-hydrogen) atoms. The van der Waals surface area contributed by atoms with Gasteiger partial charge in [0.1, 0.15) is 6.04 Å². The molecule has 1 spiro atoms. The number of carbonyl (C=O) groups excluding carboxylic acids is 1. The van der Waals surface area contributed by atoms with E-state index < -0.39 is 6.04 Å². The van der Waals surface area contributed by atoms with Crippen LogP contribution in [-0.4, -0.2) is 49.9 Å². The minimum Gasteiger partial charge on any atom is -0.403 e. The molecule has 5 rings (SSSR count). The molecule has 1 atom stereocenters. The third-order valence-electron chi connectivity index (χ3n) is 6.31. The lowest BCUT2D eigenvalue weighted by Gasteiger charge is -2.33. The number of aromatic nitrogens is 4. The third-order valence-corrected chi connectivity index (χ3v) is 6.62. The van der Waals surface area contributed by atoms with Crippen molar-refractivity contribution in [2.45, 2.75) is 38.6 Å². The highest BCUT2D eigenvalue weighted by Crippen LogP contribution is 2.53. The number of aryl methyl sites for hydroxylation is 1. The molecule has 3 heterocycles. The largest absolute Gasteiger partial charge is 0.403 e. The summed E-state index contributed by atoms with van der Waals surface area (Å²) in [7, 11) is 1.83. The van der Waals surface area contributed by atoms with Crippen molar-refractivity contribution in [1.29, 1.82) is 0 Å². The van der Waals surface area contributed by atoms with E-state index in [0.29, 0.717) is 16.3 Å². The van der Waals surface area contributed by atoms with Gasteiger partial charge in [-0.05, 0) is 50.2 Å². The Balaban J connectivity index is 1.30. The molecule has 2 aromatic heterocycles. The average Bonchev–Trinajstić information content (AvgIpc) is 3.11. The fraction of sp³-hybridized carbons (Fsp3) is 0.500. The highest BCUT2D eigenvalue weighted by Gasteiger charge is 2.45. The molecular formula is C20H23ClN6O2. The monoisotopic (exact) mass is 414 g/mol. The van der Waals surface area contributed by atoms with Gasteiger partial charge in [0, 0.05) is 31.1 Å². The van der Waals surface area contributed by atoms with E-state index in [2.05, 4.69) is 20.6 Å². The number of anilines is 1. The molecule has 9 heteroatoms. The molecule has 1 aliphatic heterocycles. The summed E-state index contributed by atoms with van der Waals surface area (Å²) in [6.07, 6.45) is 6.61. The van der Waals surface area contributed by atoms with Crippen molar-refractivity contribution in [3.8, 4) is 11.5 Å². The summed E-state index contributed by atoms with van der Waals surface area (Å²) in [4.78, 5) is 14.7. The van der Waals surface area contributed by atoms with Crippen molar-refractivity contribution in [3.05, 3.63) is 23.4 Å². The van der Waals surface area contributed by atoms with Crippen LogP contribution >= 0.6 is 11.6 Å². The van der Waals surface area contributed by atoms with Crippen molar-refractivity contribution >= 4 is 34.4 Å². The Morgan fingerprint density at radius 1 is 1.24 bits per heavy atom. The first-order chi connectivity index (χ1) is 14.0. The number of fused-ring (bicyclic) bond motifs is 1. The van der Waals surface area contributed by atoms with Crippen LogP contribution in [0.1, 0.15) is 32.6 Å². The van der Waals surface area contributed by atoms with Crippen LogP contribution in [0.5, 0.6) is 0 Å². The number of amides is 1. The zero-order chi connectivity index (χ0) is 20.2. The summed E-state index contributed by atoms with van der Waals surface area (Å²) >= 11 is 6.29. The summed E-state index contributed by atoms with van der Waals surface area (Å²) in [6, 6.07) is 3.41. The first-order valence-corrected chi connectivity index (χ1v) is 10.3. The van der Waals surface area contributed by atoms with E-state index in [9.17, 15) is 4.79 Å². The molecule has 0 unspecified atom stereocenters. The predicted octanol–water partition coefficient (Wildman–Crippen LogP) is 3.48. The molecule has 1 aromatic carbocycles. The van der Waals surface area contributed by atoms with Gasteiger partial charge in [-0.25, -0.2) is 0 Å². The van der Waals surface area contributed by atoms with E-state index in [1.54, 1.807) is 16.9 Å². The zero-order valence-electron chi connectivity index (χ0n) is 16.5. The van der Waals surface area contributed by atoms with Crippen molar-refractivity contribution in [2.24, 2.45) is 12.5 Å². The number of halogens is 1. The summed E-state index contributed by atoms with van der Waals surface area (Å²) in [5.41, 5.74) is 2.10. The van der Waals surface area contributed by atoms with E-state index in [-0.39, 0.29) is 11.9 Å². The van der Waals surface area contributed by atoms with Gasteiger partial charge in [0.15, 0.2) is 0 Å². The number of carbonyl (C=O) groups is 1. The number of piperidine rings is 1. The molecule has 2 fully saturated rings. The van der Waals surface area contributed by atoms with E-state index in [4.69, 9.17) is 16.0 Å². The summed E-state index contributed by atoms with van der Waals surface area (Å²) < 4.78 is 7.50. The average molecular weight is 415 g/mol. The van der Waals surface area contributed by atoms with Gasteiger partial charge in [-0.3, -0.25) is 9.48 Å². The first-order valence-electron chi connectivity index (χ1n) is 9.95. The van der Waals surface area contributed by atoms with Gasteiger partial charge in [-0.1, -0.05) is 16.7 Å². The van der Waals surface area contributed by atoms with Crippen molar-refractivity contribution in [2.75, 3.05) is 18.4 Å². The van der Waals surface area contributed by atoms with E-state index in [0.717, 1.165) is 42.4 Å². The van der Waals surface area contributed by atoms with Crippen molar-refractivity contribution < 1.29 is 9.21 Å². The smallest absolute Gasteiger partial charge is 0.316 e. The number of hydrogen-bond donors (Lipinski definition) is 1. The van der Waals surface area contributed by atoms with Crippen LogP contribution in [0.25, 0.3) is 22.4 Å². The van der Waals surface area contributed by atoms with E-state index >= 15 is 0 Å². The van der Waals surface area contributed by atoms with Crippen LogP contribution in [0.4, 0.5) is 6.01 Å². The maximum absolute atomic E-state index is 12.8. The Bertz CT molecular complexity index is 1080. The van der Waals surface area contributed by atoms with E-state index in [1.807, 2.05) is 24.9 Å². The molecule has 152 valence electrons. The lowest BCUT2D eigenvalue weighted by atomic mass is 9.93. The lowest BCUT2D eigenvalue weighted by Crippen LogP contribution is -2.45. The molecule has 1 N–H and O–H groups in total. The highest BCUT2D eigenvalue weighted by atomic mass is 35.5. The van der Waals surface area contributed by atoms with Crippen LogP contribution in [0, 0.1) is 5.41 Å². The molecule has 2 aliphatic rings. The molecule has 1 amide bonds. The second kappa shape index (κ2) is 6.73. The second-order valence-corrected chi connectivity index (χ2v) is 8.64. The summed E-state index contributed by atoms with van der Waals surface area (Å²) in [5, 5.41) is 17.0. The molecule has 0 bridgehead atoms. The first kappa shape index (κ1) is 18.4. The fourth-order valence-electron chi connectivity index (χ4n) is 4.22. The standard InChI is InChI=1S/C20H23ClN6O2/c1-12(18(28)27-9-7-20(5-6-20)8-10-27)23-19-25-24-17(29-19)13-3-4-15(21)16-14(13)11-22-26(16)2/h3-4,11-12H,5-10H2,1-2H3,(H,23,25)/t12-/m0/s1. The normalized spacial score (nSPS) is 18.9. The maximum atomic E-state index is 12.8. The van der Waals surface area contributed by atoms with Gasteiger partial charge in [-0.15, -0.1) is 5.10 Å². The summed E-state index contributed by atoms with van der Waals surface area (Å²) in [6.45, 7) is 3.50. The molecule has 0 radical (unpaired) electrons. The van der Waals surface area contributed by atoms with Crippen LogP contribution < -0.4 is 5.32 Å². The van der Waals surface area contributed by atoms with Gasteiger partial charge < -0.3 is 14.6 Å². The number of likely N-dealkylation sites (tertiary alicyclic amines) is 1. The highest BCUT2D eigenvalue weighted by molar-refractivity contribution is 6.35. The molecule has 1 saturated heterocycles. The molecule has 1 saturated carbocycles. The SMILES string of the molecule is C[C@H](Nc1nnc(-c2ccc(Cl)c3c2cnn3C)o1)C(=O)N1CCC2(CC1)CC2. The van der Waals surface area contributed by atoms with Crippen LogP contribution in [0.3, 0.4) is 0 Å². The number of nitrogens with one attached hydrogen (secondary N) is 1. The number of benzene rings is 1. The van der Waals surface area contributed by atoms with E-state index in [1.165, 1.54) is 12.8 Å². The fourth-order valence-corrected chi connectivity index (χ4v) is 4.51. The number of hydrogen-bond acceptors (Lipinski definition) is 6. The molecule has 1 aliphatic carbocycles. The van der Waals surface area contributed by atoms with Gasteiger partial charge in [-0.2, -0.15) is 5.10 Å². The summed E-state index contributed by atoms with van der Waals surface area (Å²) in [5.74, 6) is 0.428. The van der Waals surface area contributed by atoms with Gasteiger partial charge >= 0.3 is 6.01 Å². The molecule has 8 nitrogen and oxygen atoms in total. The predicted molar refractivity (Wildman–Crippen MR) is 110 cm³/mol. The van der Waals surface area contributed by atoms with Crippen LogP contribution in [0.15, 0.2) is 22.7 Å². The molecular weight excluding hydrogens is 392 g/mol. The van der Waals surface area contributed by atoms with Crippen molar-refractivity contribution in [1.82, 2.24) is 24.9 Å². The van der Waals surface area contributed by atoms with Crippen molar-refractivity contribution in [3.63, 3.8) is 0 Å². The zero-order valence-corrected chi connectivity index (χ0v) is 17.2. The third kappa shape index (κ3) is 3.25. The maximum Gasteiger partial charge on any atom is 0.316 e.